The molecule has 1 amide bonds. The number of rotatable bonds is 7. The second-order valence-corrected chi connectivity index (χ2v) is 9.38. The van der Waals surface area contributed by atoms with E-state index in [4.69, 9.17) is 4.74 Å². The lowest BCUT2D eigenvalue weighted by Gasteiger charge is -2.32. The van der Waals surface area contributed by atoms with Crippen LogP contribution in [0.4, 0.5) is 0 Å². The fourth-order valence-corrected chi connectivity index (χ4v) is 5.11. The standard InChI is InChI=1S/C24H29N5O2S/c1-17(23(30)28(2)19-7-5-4-6-8-19)32-24-27-26-22(18-13-15-25-16-14-18)29(24)20-9-11-21(31-3)12-10-20/h9-17,19H,4-8H2,1-3H3. The zero-order chi connectivity index (χ0) is 22.5. The minimum Gasteiger partial charge on any atom is -0.497 e. The minimum atomic E-state index is -0.270. The predicted octanol–water partition coefficient (Wildman–Crippen LogP) is 4.61. The fourth-order valence-electron chi connectivity index (χ4n) is 4.14. The number of hydrogen-bond donors (Lipinski definition) is 0. The molecule has 0 saturated heterocycles. The van der Waals surface area contributed by atoms with Crippen LogP contribution in [-0.2, 0) is 4.79 Å². The van der Waals surface area contributed by atoms with Crippen LogP contribution in [0.3, 0.4) is 0 Å². The SMILES string of the molecule is COc1ccc(-n2c(SC(C)C(=O)N(C)C3CCCCC3)nnc2-c2ccncc2)cc1. The van der Waals surface area contributed by atoms with Crippen molar-refractivity contribution in [1.82, 2.24) is 24.6 Å². The molecule has 2 heterocycles. The number of thioether (sulfide) groups is 1. The van der Waals surface area contributed by atoms with Crippen LogP contribution in [0, 0.1) is 0 Å². The molecule has 1 saturated carbocycles. The molecular weight excluding hydrogens is 422 g/mol. The van der Waals surface area contributed by atoms with E-state index >= 15 is 0 Å². The largest absolute Gasteiger partial charge is 0.497 e. The van der Waals surface area contributed by atoms with Crippen molar-refractivity contribution < 1.29 is 9.53 Å². The molecule has 1 atom stereocenters. The number of nitrogens with zero attached hydrogens (tertiary/aromatic N) is 5. The van der Waals surface area contributed by atoms with Crippen LogP contribution in [0.2, 0.25) is 0 Å². The summed E-state index contributed by atoms with van der Waals surface area (Å²) >= 11 is 1.44. The number of benzene rings is 1. The lowest BCUT2D eigenvalue weighted by atomic mass is 9.94. The van der Waals surface area contributed by atoms with E-state index in [0.717, 1.165) is 29.8 Å². The van der Waals surface area contributed by atoms with Gasteiger partial charge in [-0.3, -0.25) is 14.3 Å². The van der Waals surface area contributed by atoms with Crippen molar-refractivity contribution in [3.8, 4) is 22.8 Å². The average Bonchev–Trinajstić information content (AvgIpc) is 3.27. The Morgan fingerprint density at radius 1 is 1.09 bits per heavy atom. The third-order valence-electron chi connectivity index (χ3n) is 6.00. The molecule has 1 aromatic carbocycles. The Balaban J connectivity index is 1.63. The maximum atomic E-state index is 13.2. The van der Waals surface area contributed by atoms with Gasteiger partial charge in [0.1, 0.15) is 5.75 Å². The Morgan fingerprint density at radius 2 is 1.78 bits per heavy atom. The van der Waals surface area contributed by atoms with E-state index in [1.165, 1.54) is 31.0 Å². The summed E-state index contributed by atoms with van der Waals surface area (Å²) in [7, 11) is 3.58. The van der Waals surface area contributed by atoms with E-state index in [1.807, 2.05) is 59.8 Å². The summed E-state index contributed by atoms with van der Waals surface area (Å²) in [6.07, 6.45) is 9.32. The molecule has 7 nitrogen and oxygen atoms in total. The summed E-state index contributed by atoms with van der Waals surface area (Å²) in [5.41, 5.74) is 1.82. The van der Waals surface area contributed by atoms with Crippen LogP contribution in [0.5, 0.6) is 5.75 Å². The van der Waals surface area contributed by atoms with Gasteiger partial charge in [-0.05, 0) is 56.2 Å². The Morgan fingerprint density at radius 3 is 2.44 bits per heavy atom. The highest BCUT2D eigenvalue weighted by Crippen LogP contribution is 2.32. The van der Waals surface area contributed by atoms with Crippen molar-refractivity contribution in [2.24, 2.45) is 0 Å². The lowest BCUT2D eigenvalue weighted by molar-refractivity contribution is -0.131. The topological polar surface area (TPSA) is 73.1 Å². The van der Waals surface area contributed by atoms with Gasteiger partial charge >= 0.3 is 0 Å². The molecule has 0 N–H and O–H groups in total. The van der Waals surface area contributed by atoms with Gasteiger partial charge in [0.25, 0.3) is 0 Å². The molecular formula is C24H29N5O2S. The van der Waals surface area contributed by atoms with E-state index in [1.54, 1.807) is 19.5 Å². The number of hydrogen-bond acceptors (Lipinski definition) is 6. The normalized spacial score (nSPS) is 15.3. The first kappa shape index (κ1) is 22.3. The molecule has 168 valence electrons. The van der Waals surface area contributed by atoms with E-state index in [9.17, 15) is 4.79 Å². The van der Waals surface area contributed by atoms with Gasteiger partial charge in [0.2, 0.25) is 5.91 Å². The summed E-state index contributed by atoms with van der Waals surface area (Å²) in [4.78, 5) is 19.2. The molecule has 0 spiro atoms. The zero-order valence-electron chi connectivity index (χ0n) is 18.8. The van der Waals surface area contributed by atoms with Gasteiger partial charge in [-0.15, -0.1) is 10.2 Å². The number of aromatic nitrogens is 4. The highest BCUT2D eigenvalue weighted by atomic mass is 32.2. The van der Waals surface area contributed by atoms with E-state index in [-0.39, 0.29) is 11.2 Å². The number of carbonyl (C=O) groups excluding carboxylic acids is 1. The Bertz CT molecular complexity index is 1030. The first-order valence-corrected chi connectivity index (χ1v) is 11.9. The first-order valence-electron chi connectivity index (χ1n) is 11.0. The third-order valence-corrected chi connectivity index (χ3v) is 7.03. The smallest absolute Gasteiger partial charge is 0.235 e. The highest BCUT2D eigenvalue weighted by molar-refractivity contribution is 8.00. The summed E-state index contributed by atoms with van der Waals surface area (Å²) in [6, 6.07) is 11.9. The van der Waals surface area contributed by atoms with Crippen LogP contribution < -0.4 is 4.74 Å². The first-order chi connectivity index (χ1) is 15.6. The molecule has 4 rings (SSSR count). The Hall–Kier alpha value is -2.87. The number of ether oxygens (including phenoxy) is 1. The fraction of sp³-hybridized carbons (Fsp3) is 0.417. The number of carbonyl (C=O) groups is 1. The molecule has 0 radical (unpaired) electrons. The number of methoxy groups -OCH3 is 1. The quantitative estimate of drug-likeness (QED) is 0.489. The summed E-state index contributed by atoms with van der Waals surface area (Å²) in [6.45, 7) is 1.95. The van der Waals surface area contributed by atoms with Crippen molar-refractivity contribution in [1.29, 1.82) is 0 Å². The lowest BCUT2D eigenvalue weighted by Crippen LogP contribution is -2.42. The predicted molar refractivity (Wildman–Crippen MR) is 126 cm³/mol. The zero-order valence-corrected chi connectivity index (χ0v) is 19.6. The van der Waals surface area contributed by atoms with E-state index in [0.29, 0.717) is 17.0 Å². The summed E-state index contributed by atoms with van der Waals surface area (Å²) in [5, 5.41) is 9.33. The van der Waals surface area contributed by atoms with Crippen LogP contribution in [0.15, 0.2) is 53.9 Å². The van der Waals surface area contributed by atoms with Gasteiger partial charge in [0.15, 0.2) is 11.0 Å². The van der Waals surface area contributed by atoms with Crippen molar-refractivity contribution >= 4 is 17.7 Å². The van der Waals surface area contributed by atoms with E-state index in [2.05, 4.69) is 15.2 Å². The summed E-state index contributed by atoms with van der Waals surface area (Å²) < 4.78 is 7.30. The van der Waals surface area contributed by atoms with Gasteiger partial charge in [-0.25, -0.2) is 0 Å². The van der Waals surface area contributed by atoms with Gasteiger partial charge in [0, 0.05) is 36.7 Å². The van der Waals surface area contributed by atoms with Crippen LogP contribution in [-0.4, -0.2) is 56.0 Å². The molecule has 1 aliphatic carbocycles. The van der Waals surface area contributed by atoms with Crippen molar-refractivity contribution in [2.45, 2.75) is 55.5 Å². The minimum absolute atomic E-state index is 0.136. The van der Waals surface area contributed by atoms with Gasteiger partial charge in [-0.2, -0.15) is 0 Å². The molecule has 0 bridgehead atoms. The molecule has 1 aliphatic rings. The second kappa shape index (κ2) is 10.2. The summed E-state index contributed by atoms with van der Waals surface area (Å²) in [5.74, 6) is 1.62. The van der Waals surface area contributed by atoms with Crippen molar-refractivity contribution in [2.75, 3.05) is 14.2 Å². The Kier molecular flexibility index (Phi) is 7.09. The van der Waals surface area contributed by atoms with Crippen LogP contribution >= 0.6 is 11.8 Å². The molecule has 0 aliphatic heterocycles. The van der Waals surface area contributed by atoms with Crippen molar-refractivity contribution in [3.05, 3.63) is 48.8 Å². The van der Waals surface area contributed by atoms with Gasteiger partial charge < -0.3 is 9.64 Å². The second-order valence-electron chi connectivity index (χ2n) is 8.08. The molecule has 1 fully saturated rings. The third kappa shape index (κ3) is 4.80. The molecule has 8 heteroatoms. The Labute approximate surface area is 193 Å². The van der Waals surface area contributed by atoms with Gasteiger partial charge in [0.05, 0.1) is 12.4 Å². The molecule has 1 unspecified atom stereocenters. The van der Waals surface area contributed by atoms with Crippen LogP contribution in [0.25, 0.3) is 17.1 Å². The average molecular weight is 452 g/mol. The highest BCUT2D eigenvalue weighted by Gasteiger charge is 2.28. The van der Waals surface area contributed by atoms with Gasteiger partial charge in [-0.1, -0.05) is 31.0 Å². The molecule has 3 aromatic rings. The molecule has 32 heavy (non-hydrogen) atoms. The molecule has 2 aromatic heterocycles. The van der Waals surface area contributed by atoms with Crippen LogP contribution in [0.1, 0.15) is 39.0 Å². The van der Waals surface area contributed by atoms with E-state index < -0.39 is 0 Å². The number of pyridine rings is 1. The monoisotopic (exact) mass is 451 g/mol. The maximum Gasteiger partial charge on any atom is 0.235 e. The van der Waals surface area contributed by atoms with Crippen molar-refractivity contribution in [3.63, 3.8) is 0 Å². The number of amides is 1. The maximum absolute atomic E-state index is 13.2.